The van der Waals surface area contributed by atoms with Gasteiger partial charge in [-0.05, 0) is 63.5 Å². The van der Waals surface area contributed by atoms with Crippen molar-refractivity contribution in [3.63, 3.8) is 0 Å². The molecule has 0 radical (unpaired) electrons. The fraction of sp³-hybridized carbons (Fsp3) is 0.786. The summed E-state index contributed by atoms with van der Waals surface area (Å²) in [5.74, 6) is -3.00. The molecular formula is C28H50O4. The van der Waals surface area contributed by atoms with Crippen LogP contribution in [0.25, 0.3) is 0 Å². The third-order valence-corrected chi connectivity index (χ3v) is 6.25. The summed E-state index contributed by atoms with van der Waals surface area (Å²) >= 11 is 0. The minimum atomic E-state index is -1.50. The standard InChI is InChI=1S/C28H50O4/c1-27(29,30)23-15-11-7-3-5-9-13-17-25-19-21-26(22-20-25)18-14-10-6-4-8-12-16-24-28(2,31)32/h19-22,29-32H,3-18,23-24H2,1-2H3. The molecule has 186 valence electrons. The van der Waals surface area contributed by atoms with Crippen LogP contribution in [-0.4, -0.2) is 32.0 Å². The van der Waals surface area contributed by atoms with Gasteiger partial charge in [-0.2, -0.15) is 0 Å². The zero-order valence-electron chi connectivity index (χ0n) is 20.8. The molecule has 1 rings (SSSR count). The molecular weight excluding hydrogens is 400 g/mol. The summed E-state index contributed by atoms with van der Waals surface area (Å²) in [6, 6.07) is 9.19. The first-order chi connectivity index (χ1) is 15.2. The number of hydrogen-bond donors (Lipinski definition) is 4. The van der Waals surface area contributed by atoms with Gasteiger partial charge in [0, 0.05) is 12.8 Å². The van der Waals surface area contributed by atoms with E-state index in [1.54, 1.807) is 0 Å². The molecule has 0 saturated carbocycles. The normalized spacial score (nSPS) is 12.4. The highest BCUT2D eigenvalue weighted by Gasteiger charge is 2.13. The van der Waals surface area contributed by atoms with Crippen molar-refractivity contribution in [1.29, 1.82) is 0 Å². The molecule has 0 aliphatic heterocycles. The molecule has 0 spiro atoms. The van der Waals surface area contributed by atoms with Gasteiger partial charge < -0.3 is 20.4 Å². The van der Waals surface area contributed by atoms with E-state index in [0.29, 0.717) is 12.8 Å². The fourth-order valence-electron chi connectivity index (χ4n) is 4.22. The molecule has 4 nitrogen and oxygen atoms in total. The molecule has 4 N–H and O–H groups in total. The highest BCUT2D eigenvalue weighted by atomic mass is 16.5. The van der Waals surface area contributed by atoms with Crippen molar-refractivity contribution >= 4 is 0 Å². The van der Waals surface area contributed by atoms with Crippen molar-refractivity contribution in [1.82, 2.24) is 0 Å². The molecule has 0 aromatic heterocycles. The summed E-state index contributed by atoms with van der Waals surface area (Å²) < 4.78 is 0. The van der Waals surface area contributed by atoms with Crippen LogP contribution in [0.3, 0.4) is 0 Å². The Morgan fingerprint density at radius 3 is 0.969 bits per heavy atom. The van der Waals surface area contributed by atoms with E-state index in [0.717, 1.165) is 25.7 Å². The Balaban J connectivity index is 1.95. The van der Waals surface area contributed by atoms with Gasteiger partial charge in [0.2, 0.25) is 0 Å². The van der Waals surface area contributed by atoms with Crippen molar-refractivity contribution in [2.75, 3.05) is 0 Å². The Morgan fingerprint density at radius 1 is 0.438 bits per heavy atom. The van der Waals surface area contributed by atoms with E-state index in [4.69, 9.17) is 0 Å². The maximum Gasteiger partial charge on any atom is 0.159 e. The topological polar surface area (TPSA) is 80.9 Å². The Hall–Kier alpha value is -0.940. The summed E-state index contributed by atoms with van der Waals surface area (Å²) in [6.07, 6.45) is 19.7. The van der Waals surface area contributed by atoms with Crippen molar-refractivity contribution < 1.29 is 20.4 Å². The van der Waals surface area contributed by atoms with E-state index < -0.39 is 11.6 Å². The van der Waals surface area contributed by atoms with E-state index in [1.165, 1.54) is 102 Å². The molecule has 0 amide bonds. The van der Waals surface area contributed by atoms with Crippen LogP contribution in [0.15, 0.2) is 24.3 Å². The summed E-state index contributed by atoms with van der Waals surface area (Å²) in [7, 11) is 0. The second-order valence-corrected chi connectivity index (χ2v) is 10.2. The SMILES string of the molecule is CC(O)(O)CCCCCCCCCc1ccc(CCCCCCCCCC(C)(O)O)cc1. The predicted octanol–water partition coefficient (Wildman–Crippen LogP) is 6.41. The van der Waals surface area contributed by atoms with Gasteiger partial charge in [0.25, 0.3) is 0 Å². The number of hydrogen-bond acceptors (Lipinski definition) is 4. The number of unbranched alkanes of at least 4 members (excludes halogenated alkanes) is 12. The van der Waals surface area contributed by atoms with Crippen molar-refractivity contribution in [3.05, 3.63) is 35.4 Å². The van der Waals surface area contributed by atoms with E-state index in [9.17, 15) is 20.4 Å². The lowest BCUT2D eigenvalue weighted by Crippen LogP contribution is -2.22. The second-order valence-electron chi connectivity index (χ2n) is 10.2. The first-order valence-electron chi connectivity index (χ1n) is 13.1. The van der Waals surface area contributed by atoms with Crippen LogP contribution in [0.1, 0.15) is 128 Å². The zero-order chi connectivity index (χ0) is 23.7. The lowest BCUT2D eigenvalue weighted by Gasteiger charge is -2.14. The molecule has 1 aromatic carbocycles. The van der Waals surface area contributed by atoms with Crippen LogP contribution >= 0.6 is 0 Å². The third-order valence-electron chi connectivity index (χ3n) is 6.25. The van der Waals surface area contributed by atoms with Gasteiger partial charge in [0.15, 0.2) is 11.6 Å². The van der Waals surface area contributed by atoms with Crippen LogP contribution in [0.5, 0.6) is 0 Å². The summed E-state index contributed by atoms with van der Waals surface area (Å²) in [5.41, 5.74) is 2.89. The maximum atomic E-state index is 9.28. The first-order valence-corrected chi connectivity index (χ1v) is 13.1. The third kappa shape index (κ3) is 18.6. The lowest BCUT2D eigenvalue weighted by atomic mass is 10.0. The lowest BCUT2D eigenvalue weighted by molar-refractivity contribution is -0.151. The number of aliphatic hydroxyl groups is 4. The average Bonchev–Trinajstić information content (AvgIpc) is 2.70. The number of aryl methyl sites for hydroxylation is 2. The molecule has 4 heteroatoms. The van der Waals surface area contributed by atoms with Gasteiger partial charge in [-0.15, -0.1) is 0 Å². The first kappa shape index (κ1) is 29.1. The van der Waals surface area contributed by atoms with E-state index in [2.05, 4.69) is 24.3 Å². The maximum absolute atomic E-state index is 9.28. The molecule has 0 heterocycles. The predicted molar refractivity (Wildman–Crippen MR) is 133 cm³/mol. The van der Waals surface area contributed by atoms with Gasteiger partial charge in [0.05, 0.1) is 0 Å². The smallest absolute Gasteiger partial charge is 0.159 e. The summed E-state index contributed by atoms with van der Waals surface area (Å²) in [6.45, 7) is 2.92. The molecule has 0 aliphatic rings. The van der Waals surface area contributed by atoms with Gasteiger partial charge >= 0.3 is 0 Å². The van der Waals surface area contributed by atoms with Gasteiger partial charge in [-0.3, -0.25) is 0 Å². The molecule has 0 aliphatic carbocycles. The molecule has 0 atom stereocenters. The summed E-state index contributed by atoms with van der Waals surface area (Å²) in [5, 5.41) is 37.1. The van der Waals surface area contributed by atoms with E-state index in [1.807, 2.05) is 0 Å². The molecule has 0 bridgehead atoms. The fourth-order valence-corrected chi connectivity index (χ4v) is 4.22. The van der Waals surface area contributed by atoms with Crippen LogP contribution in [0.4, 0.5) is 0 Å². The van der Waals surface area contributed by atoms with E-state index in [-0.39, 0.29) is 0 Å². The monoisotopic (exact) mass is 450 g/mol. The quantitative estimate of drug-likeness (QED) is 0.137. The minimum absolute atomic E-state index is 0.473. The Morgan fingerprint density at radius 2 is 0.688 bits per heavy atom. The van der Waals surface area contributed by atoms with Crippen LogP contribution in [-0.2, 0) is 12.8 Å². The molecule has 0 fully saturated rings. The molecule has 0 unspecified atom stereocenters. The molecule has 0 saturated heterocycles. The van der Waals surface area contributed by atoms with Crippen molar-refractivity contribution in [2.24, 2.45) is 0 Å². The Labute approximate surface area is 197 Å². The second kappa shape index (κ2) is 16.6. The van der Waals surface area contributed by atoms with E-state index >= 15 is 0 Å². The molecule has 1 aromatic rings. The Kier molecular flexibility index (Phi) is 15.1. The van der Waals surface area contributed by atoms with Crippen LogP contribution in [0.2, 0.25) is 0 Å². The zero-order valence-corrected chi connectivity index (χ0v) is 20.8. The van der Waals surface area contributed by atoms with Crippen LogP contribution < -0.4 is 0 Å². The van der Waals surface area contributed by atoms with Gasteiger partial charge in [0.1, 0.15) is 0 Å². The number of rotatable bonds is 20. The van der Waals surface area contributed by atoms with Gasteiger partial charge in [-0.1, -0.05) is 88.5 Å². The largest absolute Gasteiger partial charge is 0.366 e. The van der Waals surface area contributed by atoms with Gasteiger partial charge in [-0.25, -0.2) is 0 Å². The number of benzene rings is 1. The highest BCUT2D eigenvalue weighted by Crippen LogP contribution is 2.17. The highest BCUT2D eigenvalue weighted by molar-refractivity contribution is 5.22. The average molecular weight is 451 g/mol. The summed E-state index contributed by atoms with van der Waals surface area (Å²) in [4.78, 5) is 0. The Bertz CT molecular complexity index is 503. The minimum Gasteiger partial charge on any atom is -0.366 e. The molecule has 32 heavy (non-hydrogen) atoms. The van der Waals surface area contributed by atoms with Crippen LogP contribution in [0, 0.1) is 0 Å². The van der Waals surface area contributed by atoms with Crippen molar-refractivity contribution in [2.45, 2.75) is 141 Å². The van der Waals surface area contributed by atoms with Crippen molar-refractivity contribution in [3.8, 4) is 0 Å².